The van der Waals surface area contributed by atoms with Crippen LogP contribution in [-0.4, -0.2) is 15.5 Å². The Kier molecular flexibility index (Phi) is 2.70. The van der Waals surface area contributed by atoms with Crippen molar-refractivity contribution in [1.82, 2.24) is 9.78 Å². The summed E-state index contributed by atoms with van der Waals surface area (Å²) in [6.07, 6.45) is 0. The average Bonchev–Trinajstić information content (AvgIpc) is 2.40. The van der Waals surface area contributed by atoms with Crippen molar-refractivity contribution in [2.45, 2.75) is 34.2 Å². The van der Waals surface area contributed by atoms with E-state index < -0.39 is 0 Å². The third kappa shape index (κ3) is 1.56. The fourth-order valence-corrected chi connectivity index (χ4v) is 1.59. The van der Waals surface area contributed by atoms with Gasteiger partial charge >= 0.3 is 0 Å². The highest BCUT2D eigenvalue weighted by Gasteiger charge is 2.12. The predicted octanol–water partition coefficient (Wildman–Crippen LogP) is 1.20. The number of hydrogen-bond donors (Lipinski definition) is 1. The Labute approximate surface area is 78.4 Å². The molecule has 1 rings (SSSR count). The van der Waals surface area contributed by atoms with Crippen molar-refractivity contribution in [3.63, 3.8) is 0 Å². The molecule has 0 amide bonds. The van der Waals surface area contributed by atoms with Gasteiger partial charge < -0.3 is 5.84 Å². The first-order valence-corrected chi connectivity index (χ1v) is 4.40. The largest absolute Gasteiger partial charge is 0.323 e. The zero-order valence-electron chi connectivity index (χ0n) is 8.63. The summed E-state index contributed by atoms with van der Waals surface area (Å²) >= 11 is 0. The number of hydrazone groups is 1. The summed E-state index contributed by atoms with van der Waals surface area (Å²) in [5.74, 6) is 5.24. The fraction of sp³-hybridized carbons (Fsp3) is 0.556. The maximum Gasteiger partial charge on any atom is 0.0687 e. The van der Waals surface area contributed by atoms with Crippen LogP contribution in [0.2, 0.25) is 0 Å². The first-order valence-electron chi connectivity index (χ1n) is 4.40. The van der Waals surface area contributed by atoms with Crippen LogP contribution in [0.25, 0.3) is 0 Å². The molecule has 0 aliphatic heterocycles. The Balaban J connectivity index is 3.28. The Morgan fingerprint density at radius 2 is 2.15 bits per heavy atom. The number of aromatic nitrogens is 2. The van der Waals surface area contributed by atoms with Crippen molar-refractivity contribution in [2.75, 3.05) is 0 Å². The van der Waals surface area contributed by atoms with E-state index in [1.165, 1.54) is 0 Å². The molecule has 4 heteroatoms. The smallest absolute Gasteiger partial charge is 0.0687 e. The van der Waals surface area contributed by atoms with Crippen molar-refractivity contribution in [3.8, 4) is 0 Å². The van der Waals surface area contributed by atoms with Crippen LogP contribution in [-0.2, 0) is 6.54 Å². The fourth-order valence-electron chi connectivity index (χ4n) is 1.59. The molecule has 1 aromatic heterocycles. The summed E-state index contributed by atoms with van der Waals surface area (Å²) in [6, 6.07) is 0. The summed E-state index contributed by atoms with van der Waals surface area (Å²) in [5.41, 5.74) is 4.04. The van der Waals surface area contributed by atoms with Gasteiger partial charge in [0, 0.05) is 17.8 Å². The maximum atomic E-state index is 5.24. The average molecular weight is 180 g/mol. The van der Waals surface area contributed by atoms with Crippen molar-refractivity contribution in [2.24, 2.45) is 10.9 Å². The van der Waals surface area contributed by atoms with E-state index in [1.807, 2.05) is 25.5 Å². The normalized spacial score (nSPS) is 12.2. The van der Waals surface area contributed by atoms with Gasteiger partial charge in [-0.25, -0.2) is 0 Å². The van der Waals surface area contributed by atoms with Crippen LogP contribution in [0.4, 0.5) is 0 Å². The minimum Gasteiger partial charge on any atom is -0.323 e. The number of hydrogen-bond acceptors (Lipinski definition) is 3. The van der Waals surface area contributed by atoms with Crippen molar-refractivity contribution >= 4 is 5.71 Å². The van der Waals surface area contributed by atoms with Gasteiger partial charge in [-0.2, -0.15) is 10.2 Å². The second-order valence-electron chi connectivity index (χ2n) is 3.08. The predicted molar refractivity (Wildman–Crippen MR) is 53.8 cm³/mol. The zero-order valence-corrected chi connectivity index (χ0v) is 8.63. The molecule has 0 aliphatic rings. The Bertz CT molecular complexity index is 336. The molecule has 1 aromatic rings. The molecule has 0 aromatic carbocycles. The number of nitrogens with two attached hydrogens (primary N) is 1. The monoisotopic (exact) mass is 180 g/mol. The van der Waals surface area contributed by atoms with Crippen LogP contribution in [0.15, 0.2) is 5.10 Å². The van der Waals surface area contributed by atoms with Gasteiger partial charge in [0.05, 0.1) is 11.4 Å². The molecule has 0 aliphatic carbocycles. The Hall–Kier alpha value is -1.32. The molecule has 0 bridgehead atoms. The van der Waals surface area contributed by atoms with Gasteiger partial charge in [0.15, 0.2) is 0 Å². The van der Waals surface area contributed by atoms with Crippen LogP contribution in [0.3, 0.4) is 0 Å². The molecule has 0 saturated heterocycles. The highest BCUT2D eigenvalue weighted by molar-refractivity contribution is 6.00. The lowest BCUT2D eigenvalue weighted by molar-refractivity contribution is 0.634. The quantitative estimate of drug-likeness (QED) is 0.422. The van der Waals surface area contributed by atoms with Gasteiger partial charge in [-0.3, -0.25) is 4.68 Å². The van der Waals surface area contributed by atoms with Crippen LogP contribution >= 0.6 is 0 Å². The van der Waals surface area contributed by atoms with Crippen LogP contribution < -0.4 is 5.84 Å². The van der Waals surface area contributed by atoms with Crippen molar-refractivity contribution in [3.05, 3.63) is 17.0 Å². The second-order valence-corrected chi connectivity index (χ2v) is 3.08. The van der Waals surface area contributed by atoms with E-state index in [-0.39, 0.29) is 0 Å². The van der Waals surface area contributed by atoms with Crippen molar-refractivity contribution in [1.29, 1.82) is 0 Å². The number of nitrogens with zero attached hydrogens (tertiary/aromatic N) is 3. The van der Waals surface area contributed by atoms with E-state index in [2.05, 4.69) is 17.1 Å². The van der Waals surface area contributed by atoms with Gasteiger partial charge in [-0.05, 0) is 27.7 Å². The Morgan fingerprint density at radius 1 is 1.54 bits per heavy atom. The molecule has 0 unspecified atom stereocenters. The molecule has 0 saturated carbocycles. The molecule has 0 atom stereocenters. The van der Waals surface area contributed by atoms with Crippen LogP contribution in [0.1, 0.15) is 30.8 Å². The van der Waals surface area contributed by atoms with E-state index in [4.69, 9.17) is 5.84 Å². The molecule has 13 heavy (non-hydrogen) atoms. The highest BCUT2D eigenvalue weighted by atomic mass is 15.3. The van der Waals surface area contributed by atoms with Gasteiger partial charge in [0.2, 0.25) is 0 Å². The van der Waals surface area contributed by atoms with E-state index in [1.54, 1.807) is 0 Å². The second kappa shape index (κ2) is 3.60. The number of aryl methyl sites for hydroxylation is 2. The Morgan fingerprint density at radius 3 is 2.54 bits per heavy atom. The molecule has 0 radical (unpaired) electrons. The first kappa shape index (κ1) is 9.77. The molecular weight excluding hydrogens is 164 g/mol. The molecular formula is C9H16N4. The third-order valence-electron chi connectivity index (χ3n) is 2.24. The maximum absolute atomic E-state index is 5.24. The van der Waals surface area contributed by atoms with E-state index in [9.17, 15) is 0 Å². The lowest BCUT2D eigenvalue weighted by Crippen LogP contribution is -2.03. The summed E-state index contributed by atoms with van der Waals surface area (Å²) in [7, 11) is 0. The van der Waals surface area contributed by atoms with E-state index in [0.717, 1.165) is 29.2 Å². The number of rotatable bonds is 2. The highest BCUT2D eigenvalue weighted by Crippen LogP contribution is 2.13. The molecule has 0 fully saturated rings. The van der Waals surface area contributed by atoms with Gasteiger partial charge in [0.25, 0.3) is 0 Å². The van der Waals surface area contributed by atoms with E-state index >= 15 is 0 Å². The minimum atomic E-state index is 0.842. The first-order chi connectivity index (χ1) is 6.11. The summed E-state index contributed by atoms with van der Waals surface area (Å²) in [4.78, 5) is 0. The van der Waals surface area contributed by atoms with Crippen LogP contribution in [0, 0.1) is 13.8 Å². The lowest BCUT2D eigenvalue weighted by atomic mass is 10.1. The SMILES string of the molecule is CCn1nc(C)c(/C(C)=N/N)c1C. The van der Waals surface area contributed by atoms with Gasteiger partial charge in [-0.15, -0.1) is 0 Å². The molecule has 1 heterocycles. The van der Waals surface area contributed by atoms with E-state index in [0.29, 0.717) is 0 Å². The van der Waals surface area contributed by atoms with Gasteiger partial charge in [0.1, 0.15) is 0 Å². The van der Waals surface area contributed by atoms with Crippen molar-refractivity contribution < 1.29 is 0 Å². The molecule has 0 spiro atoms. The zero-order chi connectivity index (χ0) is 10.0. The molecule has 2 N–H and O–H groups in total. The summed E-state index contributed by atoms with van der Waals surface area (Å²) in [6.45, 7) is 8.86. The minimum absolute atomic E-state index is 0.842. The third-order valence-corrected chi connectivity index (χ3v) is 2.24. The topological polar surface area (TPSA) is 56.2 Å². The standard InChI is InChI=1S/C9H16N4/c1-5-13-8(4)9(6(2)11-10)7(3)12-13/h5,10H2,1-4H3/b11-6+. The molecule has 72 valence electrons. The summed E-state index contributed by atoms with van der Waals surface area (Å²) < 4.78 is 1.96. The summed E-state index contributed by atoms with van der Waals surface area (Å²) in [5, 5.41) is 8.07. The van der Waals surface area contributed by atoms with Gasteiger partial charge in [-0.1, -0.05) is 0 Å². The van der Waals surface area contributed by atoms with Crippen LogP contribution in [0.5, 0.6) is 0 Å². The molecule has 4 nitrogen and oxygen atoms in total. The lowest BCUT2D eigenvalue weighted by Gasteiger charge is -2.00.